The van der Waals surface area contributed by atoms with Crippen molar-refractivity contribution >= 4 is 11.6 Å². The highest BCUT2D eigenvalue weighted by Gasteiger charge is 2.07. The minimum Gasteiger partial charge on any atom is -0.367 e. The minimum absolute atomic E-state index is 0.388. The SMILES string of the molecule is CNC(CCCl)c1cc[nH]c1. The molecule has 0 aromatic carbocycles. The second-order valence-electron chi connectivity index (χ2n) is 2.46. The smallest absolute Gasteiger partial charge is 0.0343 e. The summed E-state index contributed by atoms with van der Waals surface area (Å²) >= 11 is 5.64. The van der Waals surface area contributed by atoms with Crippen LogP contribution >= 0.6 is 11.6 Å². The van der Waals surface area contributed by atoms with Gasteiger partial charge in [0.1, 0.15) is 0 Å². The molecule has 11 heavy (non-hydrogen) atoms. The Morgan fingerprint density at radius 3 is 3.00 bits per heavy atom. The molecule has 0 saturated heterocycles. The number of halogens is 1. The van der Waals surface area contributed by atoms with Gasteiger partial charge in [-0.3, -0.25) is 0 Å². The number of rotatable bonds is 4. The third kappa shape index (κ3) is 2.24. The molecule has 1 rings (SSSR count). The summed E-state index contributed by atoms with van der Waals surface area (Å²) in [4.78, 5) is 3.02. The van der Waals surface area contributed by atoms with E-state index in [1.54, 1.807) is 0 Å². The maximum absolute atomic E-state index is 5.64. The van der Waals surface area contributed by atoms with Crippen LogP contribution in [-0.2, 0) is 0 Å². The molecule has 1 unspecified atom stereocenters. The number of alkyl halides is 1. The lowest BCUT2D eigenvalue weighted by atomic mass is 10.1. The molecule has 1 heterocycles. The average molecular weight is 173 g/mol. The van der Waals surface area contributed by atoms with E-state index < -0.39 is 0 Å². The van der Waals surface area contributed by atoms with Gasteiger partial charge in [0.2, 0.25) is 0 Å². The molecule has 0 aliphatic carbocycles. The quantitative estimate of drug-likeness (QED) is 0.668. The van der Waals surface area contributed by atoms with Gasteiger partial charge in [-0.1, -0.05) is 0 Å². The van der Waals surface area contributed by atoms with E-state index in [1.807, 2.05) is 19.4 Å². The van der Waals surface area contributed by atoms with Crippen LogP contribution in [0.2, 0.25) is 0 Å². The molecule has 0 saturated carbocycles. The molecule has 1 atom stereocenters. The fourth-order valence-electron chi connectivity index (χ4n) is 1.14. The van der Waals surface area contributed by atoms with Gasteiger partial charge in [-0.05, 0) is 25.1 Å². The normalized spacial score (nSPS) is 13.3. The highest BCUT2D eigenvalue weighted by atomic mass is 35.5. The summed E-state index contributed by atoms with van der Waals surface area (Å²) in [5.74, 6) is 0.691. The largest absolute Gasteiger partial charge is 0.367 e. The molecule has 0 amide bonds. The predicted molar refractivity (Wildman–Crippen MR) is 47.9 cm³/mol. The summed E-state index contributed by atoms with van der Waals surface area (Å²) in [6.07, 6.45) is 4.89. The highest BCUT2D eigenvalue weighted by molar-refractivity contribution is 6.17. The number of H-pyrrole nitrogens is 1. The van der Waals surface area contributed by atoms with Gasteiger partial charge in [0.25, 0.3) is 0 Å². The van der Waals surface area contributed by atoms with Crippen LogP contribution in [0.3, 0.4) is 0 Å². The van der Waals surface area contributed by atoms with E-state index in [0.29, 0.717) is 11.9 Å². The fraction of sp³-hybridized carbons (Fsp3) is 0.500. The first-order valence-corrected chi connectivity index (χ1v) is 4.28. The van der Waals surface area contributed by atoms with Gasteiger partial charge in [0.05, 0.1) is 0 Å². The maximum Gasteiger partial charge on any atom is 0.0343 e. The first-order valence-electron chi connectivity index (χ1n) is 3.74. The van der Waals surface area contributed by atoms with E-state index >= 15 is 0 Å². The molecule has 3 heteroatoms. The van der Waals surface area contributed by atoms with E-state index in [1.165, 1.54) is 5.56 Å². The van der Waals surface area contributed by atoms with Crippen LogP contribution in [0.1, 0.15) is 18.0 Å². The molecule has 0 bridgehead atoms. The molecule has 1 aromatic rings. The second-order valence-corrected chi connectivity index (χ2v) is 2.84. The minimum atomic E-state index is 0.388. The van der Waals surface area contributed by atoms with Crippen molar-refractivity contribution in [2.75, 3.05) is 12.9 Å². The summed E-state index contributed by atoms with van der Waals surface area (Å²) in [7, 11) is 1.95. The topological polar surface area (TPSA) is 27.8 Å². The molecule has 0 spiro atoms. The van der Waals surface area contributed by atoms with Crippen LogP contribution < -0.4 is 5.32 Å². The lowest BCUT2D eigenvalue weighted by molar-refractivity contribution is 0.580. The molecule has 0 fully saturated rings. The molecular formula is C8H13ClN2. The first-order chi connectivity index (χ1) is 5.38. The zero-order valence-corrected chi connectivity index (χ0v) is 7.36. The zero-order valence-electron chi connectivity index (χ0n) is 6.60. The van der Waals surface area contributed by atoms with Crippen molar-refractivity contribution in [2.24, 2.45) is 0 Å². The molecule has 2 N–H and O–H groups in total. The Kier molecular flexibility index (Phi) is 3.46. The van der Waals surface area contributed by atoms with Crippen molar-refractivity contribution in [3.63, 3.8) is 0 Å². The number of aromatic nitrogens is 1. The summed E-state index contributed by atoms with van der Waals surface area (Å²) in [5.41, 5.74) is 1.27. The average Bonchev–Trinajstić information content (AvgIpc) is 2.52. The van der Waals surface area contributed by atoms with Crippen LogP contribution in [0.25, 0.3) is 0 Å². The highest BCUT2D eigenvalue weighted by Crippen LogP contribution is 2.15. The molecule has 2 nitrogen and oxygen atoms in total. The molecule has 1 aromatic heterocycles. The molecule has 62 valence electrons. The maximum atomic E-state index is 5.64. The van der Waals surface area contributed by atoms with Gasteiger partial charge in [-0.2, -0.15) is 0 Å². The van der Waals surface area contributed by atoms with Crippen molar-refractivity contribution in [3.05, 3.63) is 24.0 Å². The molecule has 0 aliphatic rings. The Hall–Kier alpha value is -0.470. The van der Waals surface area contributed by atoms with Gasteiger partial charge in [-0.25, -0.2) is 0 Å². The van der Waals surface area contributed by atoms with Crippen LogP contribution in [0.4, 0.5) is 0 Å². The molecule has 0 radical (unpaired) electrons. The summed E-state index contributed by atoms with van der Waals surface area (Å²) in [6, 6.07) is 2.45. The van der Waals surface area contributed by atoms with Crippen LogP contribution in [0.15, 0.2) is 18.5 Å². The van der Waals surface area contributed by atoms with Gasteiger partial charge in [0, 0.05) is 24.3 Å². The Bertz CT molecular complexity index is 184. The second kappa shape index (κ2) is 4.42. The Morgan fingerprint density at radius 2 is 2.55 bits per heavy atom. The number of nitrogens with one attached hydrogen (secondary N) is 2. The van der Waals surface area contributed by atoms with Crippen LogP contribution in [0, 0.1) is 0 Å². The molecular weight excluding hydrogens is 160 g/mol. The molecule has 0 aliphatic heterocycles. The van der Waals surface area contributed by atoms with Gasteiger partial charge in [0.15, 0.2) is 0 Å². The van der Waals surface area contributed by atoms with E-state index in [2.05, 4.69) is 16.4 Å². The number of hydrogen-bond acceptors (Lipinski definition) is 1. The van der Waals surface area contributed by atoms with E-state index in [0.717, 1.165) is 6.42 Å². The van der Waals surface area contributed by atoms with Gasteiger partial charge < -0.3 is 10.3 Å². The van der Waals surface area contributed by atoms with Crippen molar-refractivity contribution < 1.29 is 0 Å². The summed E-state index contributed by atoms with van der Waals surface area (Å²) in [5, 5.41) is 3.20. The Morgan fingerprint density at radius 1 is 1.73 bits per heavy atom. The van der Waals surface area contributed by atoms with Crippen molar-refractivity contribution in [1.29, 1.82) is 0 Å². The lowest BCUT2D eigenvalue weighted by Crippen LogP contribution is -2.15. The third-order valence-electron chi connectivity index (χ3n) is 1.77. The summed E-state index contributed by atoms with van der Waals surface area (Å²) in [6.45, 7) is 0. The van der Waals surface area contributed by atoms with E-state index in [9.17, 15) is 0 Å². The fourth-order valence-corrected chi connectivity index (χ4v) is 1.36. The predicted octanol–water partition coefficient (Wildman–Crippen LogP) is 1.90. The van der Waals surface area contributed by atoms with Crippen molar-refractivity contribution in [3.8, 4) is 0 Å². The van der Waals surface area contributed by atoms with E-state index in [4.69, 9.17) is 11.6 Å². The zero-order chi connectivity index (χ0) is 8.10. The first kappa shape index (κ1) is 8.62. The standard InChI is InChI=1S/C8H13ClN2/c1-10-8(2-4-9)7-3-5-11-6-7/h3,5-6,8,10-11H,2,4H2,1H3. The third-order valence-corrected chi connectivity index (χ3v) is 1.99. The van der Waals surface area contributed by atoms with Gasteiger partial charge >= 0.3 is 0 Å². The van der Waals surface area contributed by atoms with Gasteiger partial charge in [-0.15, -0.1) is 11.6 Å². The van der Waals surface area contributed by atoms with Crippen LogP contribution in [0.5, 0.6) is 0 Å². The Labute approximate surface area is 72.0 Å². The summed E-state index contributed by atoms with van der Waals surface area (Å²) < 4.78 is 0. The van der Waals surface area contributed by atoms with Crippen LogP contribution in [-0.4, -0.2) is 17.9 Å². The van der Waals surface area contributed by atoms with Crippen molar-refractivity contribution in [1.82, 2.24) is 10.3 Å². The monoisotopic (exact) mass is 172 g/mol. The number of aromatic amines is 1. The number of hydrogen-bond donors (Lipinski definition) is 2. The van der Waals surface area contributed by atoms with Crippen molar-refractivity contribution in [2.45, 2.75) is 12.5 Å². The Balaban J connectivity index is 2.56. The van der Waals surface area contributed by atoms with E-state index in [-0.39, 0.29) is 0 Å². The lowest BCUT2D eigenvalue weighted by Gasteiger charge is -2.11.